The highest BCUT2D eigenvalue weighted by Gasteiger charge is 2.26. The van der Waals surface area contributed by atoms with E-state index in [1.54, 1.807) is 30.3 Å². The van der Waals surface area contributed by atoms with Crippen LogP contribution >= 0.6 is 15.9 Å². The summed E-state index contributed by atoms with van der Waals surface area (Å²) in [4.78, 5) is 18.7. The summed E-state index contributed by atoms with van der Waals surface area (Å²) in [7, 11) is 1.63. The second kappa shape index (κ2) is 5.85. The highest BCUT2D eigenvalue weighted by atomic mass is 79.9. The molecule has 3 rings (SSSR count). The Hall–Kier alpha value is -1.88. The highest BCUT2D eigenvalue weighted by molar-refractivity contribution is 9.10. The summed E-state index contributed by atoms with van der Waals surface area (Å²) < 4.78 is 6.15. The molecule has 1 aromatic heterocycles. The molecule has 0 saturated heterocycles. The molecule has 0 spiro atoms. The molecule has 0 fully saturated rings. The summed E-state index contributed by atoms with van der Waals surface area (Å²) in [6.07, 6.45) is 3.51. The van der Waals surface area contributed by atoms with Gasteiger partial charge in [-0.05, 0) is 52.5 Å². The molecular weight excluding hydrogens is 332 g/mol. The molecule has 0 saturated carbocycles. The maximum absolute atomic E-state index is 12.8. The number of methoxy groups -OCH3 is 1. The number of hydrogen-bond donors (Lipinski definition) is 0. The Kier molecular flexibility index (Phi) is 3.92. The fourth-order valence-electron chi connectivity index (χ4n) is 2.64. The summed E-state index contributed by atoms with van der Waals surface area (Å²) in [5, 5.41) is 0. The van der Waals surface area contributed by atoms with Gasteiger partial charge in [-0.2, -0.15) is 0 Å². The summed E-state index contributed by atoms with van der Waals surface area (Å²) >= 11 is 3.28. The Labute approximate surface area is 131 Å². The molecule has 4 nitrogen and oxygen atoms in total. The van der Waals surface area contributed by atoms with E-state index in [1.807, 2.05) is 12.1 Å². The van der Waals surface area contributed by atoms with Crippen LogP contribution in [0.25, 0.3) is 0 Å². The van der Waals surface area contributed by atoms with E-state index in [9.17, 15) is 4.79 Å². The number of aryl methyl sites for hydroxylation is 1. The third-order valence-corrected chi connectivity index (χ3v) is 4.09. The maximum atomic E-state index is 12.8. The number of anilines is 1. The highest BCUT2D eigenvalue weighted by Crippen LogP contribution is 2.36. The summed E-state index contributed by atoms with van der Waals surface area (Å²) in [6.45, 7) is 0.697. The molecule has 1 aliphatic rings. The molecule has 0 unspecified atom stereocenters. The van der Waals surface area contributed by atoms with E-state index in [4.69, 9.17) is 4.74 Å². The zero-order valence-corrected chi connectivity index (χ0v) is 13.3. The Balaban J connectivity index is 2.01. The number of ether oxygens (including phenoxy) is 1. The summed E-state index contributed by atoms with van der Waals surface area (Å²) in [5.74, 6) is 0.700. The van der Waals surface area contributed by atoms with Crippen molar-refractivity contribution in [3.05, 3.63) is 52.3 Å². The molecule has 0 aliphatic carbocycles. The fourth-order valence-corrected chi connectivity index (χ4v) is 2.88. The molecule has 1 aliphatic heterocycles. The Morgan fingerprint density at radius 1 is 1.33 bits per heavy atom. The van der Waals surface area contributed by atoms with Crippen LogP contribution in [0, 0.1) is 0 Å². The van der Waals surface area contributed by atoms with Crippen LogP contribution in [-0.2, 0) is 6.42 Å². The second-order valence-electron chi connectivity index (χ2n) is 4.90. The molecule has 5 heteroatoms. The SMILES string of the molecule is COc1cccc2c1N(C(=O)c1ccc(Br)nc1)CCC2. The average molecular weight is 347 g/mol. The number of fused-ring (bicyclic) bond motifs is 1. The van der Waals surface area contributed by atoms with E-state index < -0.39 is 0 Å². The molecule has 21 heavy (non-hydrogen) atoms. The fraction of sp³-hybridized carbons (Fsp3) is 0.250. The molecule has 0 radical (unpaired) electrons. The van der Waals surface area contributed by atoms with Gasteiger partial charge in [0.1, 0.15) is 10.4 Å². The molecule has 2 heterocycles. The van der Waals surface area contributed by atoms with Gasteiger partial charge in [0.05, 0.1) is 18.4 Å². The molecule has 108 valence electrons. The molecule has 2 aromatic rings. The topological polar surface area (TPSA) is 42.4 Å². The second-order valence-corrected chi connectivity index (χ2v) is 5.71. The van der Waals surface area contributed by atoms with Crippen molar-refractivity contribution in [3.8, 4) is 5.75 Å². The van der Waals surface area contributed by atoms with Gasteiger partial charge in [0.25, 0.3) is 5.91 Å². The van der Waals surface area contributed by atoms with Crippen molar-refractivity contribution in [1.29, 1.82) is 0 Å². The van der Waals surface area contributed by atoms with Gasteiger partial charge in [0, 0.05) is 12.7 Å². The maximum Gasteiger partial charge on any atom is 0.259 e. The quantitative estimate of drug-likeness (QED) is 0.782. The molecule has 0 atom stereocenters. The standard InChI is InChI=1S/C16H15BrN2O2/c1-21-13-6-2-4-11-5-3-9-19(15(11)13)16(20)12-7-8-14(17)18-10-12/h2,4,6-8,10H,3,5,9H2,1H3. The van der Waals surface area contributed by atoms with Crippen molar-refractivity contribution in [1.82, 2.24) is 4.98 Å². The van der Waals surface area contributed by atoms with E-state index in [1.165, 1.54) is 0 Å². The van der Waals surface area contributed by atoms with E-state index in [0.717, 1.165) is 34.4 Å². The zero-order chi connectivity index (χ0) is 14.8. The van der Waals surface area contributed by atoms with E-state index in [2.05, 4.69) is 27.0 Å². The number of aromatic nitrogens is 1. The van der Waals surface area contributed by atoms with Gasteiger partial charge in [0.2, 0.25) is 0 Å². The first-order valence-electron chi connectivity index (χ1n) is 6.80. The molecule has 1 amide bonds. The van der Waals surface area contributed by atoms with Gasteiger partial charge < -0.3 is 9.64 Å². The van der Waals surface area contributed by atoms with Crippen LogP contribution in [0.15, 0.2) is 41.1 Å². The lowest BCUT2D eigenvalue weighted by Gasteiger charge is -2.30. The third kappa shape index (κ3) is 2.65. The number of carbonyl (C=O) groups excluding carboxylic acids is 1. The van der Waals surface area contributed by atoms with Gasteiger partial charge in [-0.15, -0.1) is 0 Å². The van der Waals surface area contributed by atoms with Gasteiger partial charge in [-0.25, -0.2) is 4.98 Å². The van der Waals surface area contributed by atoms with E-state index in [-0.39, 0.29) is 5.91 Å². The smallest absolute Gasteiger partial charge is 0.259 e. The number of halogens is 1. The lowest BCUT2D eigenvalue weighted by atomic mass is 10.00. The predicted octanol–water partition coefficient (Wildman–Crippen LogP) is 3.45. The first-order valence-corrected chi connectivity index (χ1v) is 7.59. The van der Waals surface area contributed by atoms with Crippen LogP contribution in [0.4, 0.5) is 5.69 Å². The number of carbonyl (C=O) groups is 1. The van der Waals surface area contributed by atoms with Crippen molar-refractivity contribution in [2.75, 3.05) is 18.6 Å². The Bertz CT molecular complexity index is 656. The summed E-state index contributed by atoms with van der Waals surface area (Å²) in [6, 6.07) is 9.47. The largest absolute Gasteiger partial charge is 0.495 e. The third-order valence-electron chi connectivity index (χ3n) is 3.62. The zero-order valence-electron chi connectivity index (χ0n) is 11.7. The van der Waals surface area contributed by atoms with E-state index >= 15 is 0 Å². The van der Waals surface area contributed by atoms with Gasteiger partial charge in [-0.1, -0.05) is 12.1 Å². The van der Waals surface area contributed by atoms with Gasteiger partial charge in [0.15, 0.2) is 0 Å². The average Bonchev–Trinajstić information content (AvgIpc) is 2.53. The van der Waals surface area contributed by atoms with E-state index in [0.29, 0.717) is 12.1 Å². The molecule has 0 bridgehead atoms. The monoisotopic (exact) mass is 346 g/mol. The molecule has 0 N–H and O–H groups in total. The number of nitrogens with zero attached hydrogens (tertiary/aromatic N) is 2. The number of para-hydroxylation sites is 1. The normalized spacial score (nSPS) is 13.7. The van der Waals surface area contributed by atoms with Crippen molar-refractivity contribution in [2.45, 2.75) is 12.8 Å². The lowest BCUT2D eigenvalue weighted by Crippen LogP contribution is -2.35. The van der Waals surface area contributed by atoms with Crippen LogP contribution in [0.1, 0.15) is 22.3 Å². The minimum atomic E-state index is -0.0412. The Morgan fingerprint density at radius 2 is 2.19 bits per heavy atom. The van der Waals surface area contributed by atoms with Crippen molar-refractivity contribution in [2.24, 2.45) is 0 Å². The predicted molar refractivity (Wildman–Crippen MR) is 84.9 cm³/mol. The number of rotatable bonds is 2. The minimum Gasteiger partial charge on any atom is -0.495 e. The number of amides is 1. The van der Waals surface area contributed by atoms with Gasteiger partial charge >= 0.3 is 0 Å². The van der Waals surface area contributed by atoms with Crippen LogP contribution in [0.3, 0.4) is 0 Å². The lowest BCUT2D eigenvalue weighted by molar-refractivity contribution is 0.0984. The van der Waals surface area contributed by atoms with Crippen LogP contribution in [-0.4, -0.2) is 24.5 Å². The van der Waals surface area contributed by atoms with Crippen molar-refractivity contribution >= 4 is 27.5 Å². The molecule has 1 aromatic carbocycles. The first-order chi connectivity index (χ1) is 10.2. The molecular formula is C16H15BrN2O2. The number of pyridine rings is 1. The van der Waals surface area contributed by atoms with Crippen LogP contribution < -0.4 is 9.64 Å². The Morgan fingerprint density at radius 3 is 2.90 bits per heavy atom. The number of benzene rings is 1. The van der Waals surface area contributed by atoms with Gasteiger partial charge in [-0.3, -0.25) is 4.79 Å². The summed E-state index contributed by atoms with van der Waals surface area (Å²) in [5.41, 5.74) is 2.62. The first kappa shape index (κ1) is 14.1. The van der Waals surface area contributed by atoms with Crippen LogP contribution in [0.2, 0.25) is 0 Å². The van der Waals surface area contributed by atoms with Crippen LogP contribution in [0.5, 0.6) is 5.75 Å². The van der Waals surface area contributed by atoms with Crippen molar-refractivity contribution < 1.29 is 9.53 Å². The minimum absolute atomic E-state index is 0.0412. The number of hydrogen-bond acceptors (Lipinski definition) is 3. The van der Waals surface area contributed by atoms with Crippen molar-refractivity contribution in [3.63, 3.8) is 0 Å².